The Kier molecular flexibility index (Phi) is 7.64. The molecular formula is C29H21F4N3O2S. The number of fused-ring (bicyclic) bond motifs is 1. The lowest BCUT2D eigenvalue weighted by molar-refractivity contribution is -0.0359. The number of hydrogen-bond donors (Lipinski definition) is 0. The second kappa shape index (κ2) is 11.1. The van der Waals surface area contributed by atoms with E-state index < -0.39 is 35.6 Å². The van der Waals surface area contributed by atoms with Gasteiger partial charge in [0.15, 0.2) is 5.78 Å². The summed E-state index contributed by atoms with van der Waals surface area (Å²) < 4.78 is 63.6. The van der Waals surface area contributed by atoms with Crippen LogP contribution in [-0.2, 0) is 10.3 Å². The number of hydrogen-bond acceptors (Lipinski definition) is 5. The molecule has 0 radical (unpaired) electrons. The van der Waals surface area contributed by atoms with E-state index in [1.807, 2.05) is 0 Å². The molecule has 0 spiro atoms. The lowest BCUT2D eigenvalue weighted by Crippen LogP contribution is -2.43. The average Bonchev–Trinajstić information content (AvgIpc) is 3.34. The molecule has 3 aromatic rings. The van der Waals surface area contributed by atoms with Gasteiger partial charge in [-0.2, -0.15) is 0 Å². The Morgan fingerprint density at radius 3 is 2.69 bits per heavy atom. The lowest BCUT2D eigenvalue weighted by Gasteiger charge is -2.36. The minimum Gasteiger partial charge on any atom is -0.369 e. The van der Waals surface area contributed by atoms with Gasteiger partial charge in [0.25, 0.3) is 6.43 Å². The van der Waals surface area contributed by atoms with Crippen LogP contribution in [0.5, 0.6) is 0 Å². The van der Waals surface area contributed by atoms with Crippen molar-refractivity contribution in [3.63, 3.8) is 0 Å². The van der Waals surface area contributed by atoms with Crippen molar-refractivity contribution in [2.45, 2.75) is 24.5 Å². The molecule has 10 heteroatoms. The standard InChI is InChI=1S/C29H21F4N3O2S/c1-34-19-8-10-24(35-14-19)23(31)12-17-7-9-22(30)20(11-17)29-16-38-27(28(32)33)21(29)15-39-26(36-29)13-25(37)18-5-3-2-4-6-18/h2-12,14,21,27-28H,13,15-16H2/b23-12-/t21-,27+,29-/m0/s1. The summed E-state index contributed by atoms with van der Waals surface area (Å²) in [6.45, 7) is 6.69. The number of ketones is 1. The highest BCUT2D eigenvalue weighted by atomic mass is 32.2. The maximum Gasteiger partial charge on any atom is 0.264 e. The third-order valence-electron chi connectivity index (χ3n) is 6.79. The Hall–Kier alpha value is -3.81. The number of aliphatic imine (C=N–C) groups is 1. The number of benzene rings is 2. The summed E-state index contributed by atoms with van der Waals surface area (Å²) in [7, 11) is 0. The fourth-order valence-electron chi connectivity index (χ4n) is 4.83. The topological polar surface area (TPSA) is 55.9 Å². The van der Waals surface area contributed by atoms with Gasteiger partial charge >= 0.3 is 0 Å². The van der Waals surface area contributed by atoms with Crippen LogP contribution in [-0.4, -0.2) is 40.7 Å². The van der Waals surface area contributed by atoms with E-state index in [0.717, 1.165) is 12.1 Å². The molecule has 0 N–H and O–H groups in total. The summed E-state index contributed by atoms with van der Waals surface area (Å²) in [4.78, 5) is 24.7. The van der Waals surface area contributed by atoms with Gasteiger partial charge in [0, 0.05) is 29.0 Å². The van der Waals surface area contributed by atoms with Crippen molar-refractivity contribution in [2.24, 2.45) is 10.9 Å². The van der Waals surface area contributed by atoms with Crippen LogP contribution in [0, 0.1) is 18.3 Å². The number of rotatable bonds is 7. The van der Waals surface area contributed by atoms with Crippen molar-refractivity contribution in [2.75, 3.05) is 12.4 Å². The normalized spacial score (nSPS) is 22.8. The average molecular weight is 552 g/mol. The number of alkyl halides is 2. The molecule has 39 heavy (non-hydrogen) atoms. The number of carbonyl (C=O) groups excluding carboxylic acids is 1. The third-order valence-corrected chi connectivity index (χ3v) is 7.88. The van der Waals surface area contributed by atoms with E-state index in [9.17, 15) is 18.0 Å². The van der Waals surface area contributed by atoms with E-state index >= 15 is 4.39 Å². The number of thioether (sulfide) groups is 1. The number of pyridine rings is 1. The van der Waals surface area contributed by atoms with E-state index in [-0.39, 0.29) is 47.1 Å². The SMILES string of the molecule is [C-]#[N+]c1ccc(/C(F)=C/c2ccc(F)c([C@@]34CO[C@@H](C(F)F)[C@@H]3CSC(CC(=O)c3ccccc3)=N4)c2)nc1. The first kappa shape index (κ1) is 26.8. The van der Waals surface area contributed by atoms with Crippen LogP contribution in [0.15, 0.2) is 71.9 Å². The summed E-state index contributed by atoms with van der Waals surface area (Å²) in [5.41, 5.74) is -0.511. The van der Waals surface area contributed by atoms with Crippen molar-refractivity contribution in [1.82, 2.24) is 4.98 Å². The highest BCUT2D eigenvalue weighted by molar-refractivity contribution is 8.14. The number of ether oxygens (including phenoxy) is 1. The number of carbonyl (C=O) groups is 1. The van der Waals surface area contributed by atoms with Gasteiger partial charge in [-0.15, -0.1) is 11.8 Å². The van der Waals surface area contributed by atoms with Crippen LogP contribution in [0.25, 0.3) is 16.7 Å². The van der Waals surface area contributed by atoms with E-state index in [1.54, 1.807) is 30.3 Å². The molecule has 1 fully saturated rings. The lowest BCUT2D eigenvalue weighted by atomic mass is 9.78. The molecule has 0 unspecified atom stereocenters. The van der Waals surface area contributed by atoms with Gasteiger partial charge in [0.05, 0.1) is 30.3 Å². The van der Waals surface area contributed by atoms with Gasteiger partial charge in [-0.25, -0.2) is 22.4 Å². The zero-order valence-corrected chi connectivity index (χ0v) is 21.2. The maximum atomic E-state index is 15.4. The summed E-state index contributed by atoms with van der Waals surface area (Å²) >= 11 is 1.19. The highest BCUT2D eigenvalue weighted by Gasteiger charge is 2.56. The molecule has 198 valence electrons. The second-order valence-electron chi connectivity index (χ2n) is 9.17. The molecule has 3 heterocycles. The van der Waals surface area contributed by atoms with Crippen LogP contribution in [0.3, 0.4) is 0 Å². The number of halogens is 4. The Labute approximate surface area is 226 Å². The molecule has 3 atom stereocenters. The van der Waals surface area contributed by atoms with E-state index in [0.29, 0.717) is 10.6 Å². The molecule has 2 aliphatic rings. The second-order valence-corrected chi connectivity index (χ2v) is 10.3. The van der Waals surface area contributed by atoms with Crippen molar-refractivity contribution >= 4 is 40.2 Å². The smallest absolute Gasteiger partial charge is 0.264 e. The fourth-order valence-corrected chi connectivity index (χ4v) is 6.12. The monoisotopic (exact) mass is 551 g/mol. The minimum absolute atomic E-state index is 0.00141. The summed E-state index contributed by atoms with van der Waals surface area (Å²) in [5, 5.41) is 0.397. The Balaban J connectivity index is 1.53. The van der Waals surface area contributed by atoms with E-state index in [1.165, 1.54) is 42.2 Å². The molecule has 0 bridgehead atoms. The molecule has 0 saturated carbocycles. The quantitative estimate of drug-likeness (QED) is 0.178. The number of Topliss-reactive ketones (excluding diaryl/α,β-unsaturated/α-hetero) is 1. The number of nitrogens with zero attached hydrogens (tertiary/aromatic N) is 3. The van der Waals surface area contributed by atoms with Crippen LogP contribution in [0.1, 0.15) is 33.6 Å². The molecule has 0 aliphatic carbocycles. The molecule has 2 aromatic carbocycles. The van der Waals surface area contributed by atoms with Crippen LogP contribution in [0.2, 0.25) is 0 Å². The largest absolute Gasteiger partial charge is 0.369 e. The Bertz CT molecular complexity index is 1490. The summed E-state index contributed by atoms with van der Waals surface area (Å²) in [6.07, 6.45) is -1.95. The molecule has 1 saturated heterocycles. The first-order chi connectivity index (χ1) is 18.8. The van der Waals surface area contributed by atoms with Gasteiger partial charge in [-0.3, -0.25) is 14.8 Å². The summed E-state index contributed by atoms with van der Waals surface area (Å²) in [6, 6.07) is 15.3. The Morgan fingerprint density at radius 2 is 2.00 bits per heavy atom. The van der Waals surface area contributed by atoms with Crippen molar-refractivity contribution in [3.8, 4) is 0 Å². The molecule has 5 rings (SSSR count). The predicted octanol–water partition coefficient (Wildman–Crippen LogP) is 7.13. The van der Waals surface area contributed by atoms with E-state index in [4.69, 9.17) is 16.3 Å². The first-order valence-electron chi connectivity index (χ1n) is 12.0. The van der Waals surface area contributed by atoms with Gasteiger partial charge in [0.1, 0.15) is 23.3 Å². The number of aromatic nitrogens is 1. The predicted molar refractivity (Wildman–Crippen MR) is 142 cm³/mol. The molecule has 5 nitrogen and oxygen atoms in total. The van der Waals surface area contributed by atoms with E-state index in [2.05, 4.69) is 9.83 Å². The zero-order valence-electron chi connectivity index (χ0n) is 20.4. The molecule has 2 aliphatic heterocycles. The van der Waals surface area contributed by atoms with Gasteiger partial charge in [0.2, 0.25) is 5.69 Å². The maximum absolute atomic E-state index is 15.4. The van der Waals surface area contributed by atoms with Gasteiger partial charge in [-0.05, 0) is 29.8 Å². The zero-order chi connectivity index (χ0) is 27.6. The third kappa shape index (κ3) is 5.37. The van der Waals surface area contributed by atoms with Crippen LogP contribution < -0.4 is 0 Å². The van der Waals surface area contributed by atoms with Gasteiger partial charge in [-0.1, -0.05) is 42.5 Å². The fraction of sp³-hybridized carbons (Fsp3) is 0.241. The highest BCUT2D eigenvalue weighted by Crippen LogP contribution is 2.50. The molecular weight excluding hydrogens is 530 g/mol. The summed E-state index contributed by atoms with van der Waals surface area (Å²) in [5.74, 6) is -2.32. The molecule has 0 amide bonds. The van der Waals surface area contributed by atoms with Gasteiger partial charge < -0.3 is 4.74 Å². The van der Waals surface area contributed by atoms with Crippen LogP contribution >= 0.6 is 11.8 Å². The van der Waals surface area contributed by atoms with Crippen molar-refractivity contribution in [3.05, 3.63) is 106 Å². The minimum atomic E-state index is -2.81. The molecule has 1 aromatic heterocycles. The van der Waals surface area contributed by atoms with Crippen molar-refractivity contribution in [1.29, 1.82) is 0 Å². The van der Waals surface area contributed by atoms with Crippen molar-refractivity contribution < 1.29 is 27.1 Å². The first-order valence-corrected chi connectivity index (χ1v) is 13.0. The Morgan fingerprint density at radius 1 is 1.21 bits per heavy atom. The van der Waals surface area contributed by atoms with Crippen LogP contribution in [0.4, 0.5) is 23.2 Å².